The van der Waals surface area contributed by atoms with Gasteiger partial charge in [0.25, 0.3) is 0 Å². The molecule has 156 valence electrons. The molecule has 0 aromatic rings. The highest BCUT2D eigenvalue weighted by Crippen LogP contribution is 2.39. The first kappa shape index (κ1) is 24.2. The van der Waals surface area contributed by atoms with Gasteiger partial charge in [-0.2, -0.15) is 0 Å². The Bertz CT molecular complexity index is 316. The van der Waals surface area contributed by atoms with Crippen molar-refractivity contribution in [3.05, 3.63) is 0 Å². The number of thioether (sulfide) groups is 1. The molecule has 0 aromatic carbocycles. The van der Waals surface area contributed by atoms with Crippen molar-refractivity contribution in [2.45, 2.75) is 101 Å². The third kappa shape index (κ3) is 9.41. The summed E-state index contributed by atoms with van der Waals surface area (Å²) >= 11 is 1.82. The van der Waals surface area contributed by atoms with E-state index in [-0.39, 0.29) is 17.6 Å². The predicted octanol–water partition coefficient (Wildman–Crippen LogP) is 5.43. The van der Waals surface area contributed by atoms with Gasteiger partial charge in [-0.15, -0.1) is 11.8 Å². The Hall–Kier alpha value is 0.190. The van der Waals surface area contributed by atoms with Gasteiger partial charge in [-0.1, -0.05) is 59.3 Å². The Balaban J connectivity index is 2.50. The number of unbranched alkanes of at least 4 members (excludes halogenated alkanes) is 6. The first-order valence-electron chi connectivity index (χ1n) is 10.8. The third-order valence-corrected chi connectivity index (χ3v) is 6.27. The molecular formula is C21H42O4S. The lowest BCUT2D eigenvalue weighted by molar-refractivity contribution is -0.103. The zero-order chi connectivity index (χ0) is 19.0. The van der Waals surface area contributed by atoms with Crippen molar-refractivity contribution in [2.24, 2.45) is 0 Å². The zero-order valence-electron chi connectivity index (χ0n) is 17.5. The minimum absolute atomic E-state index is 0.00723. The van der Waals surface area contributed by atoms with Gasteiger partial charge in [0.05, 0.1) is 11.9 Å². The molecule has 0 radical (unpaired) electrons. The second-order valence-corrected chi connectivity index (χ2v) is 8.49. The molecule has 1 fully saturated rings. The highest BCUT2D eigenvalue weighted by atomic mass is 32.2. The predicted molar refractivity (Wildman–Crippen MR) is 111 cm³/mol. The molecule has 5 heteroatoms. The Morgan fingerprint density at radius 2 is 1.31 bits per heavy atom. The van der Waals surface area contributed by atoms with Gasteiger partial charge in [0, 0.05) is 26.9 Å². The fraction of sp³-hybridized carbons (Fsp3) is 1.00. The maximum atomic E-state index is 6.26. The molecule has 4 nitrogen and oxygen atoms in total. The molecule has 1 aliphatic rings. The van der Waals surface area contributed by atoms with Crippen molar-refractivity contribution in [2.75, 3.05) is 33.5 Å². The van der Waals surface area contributed by atoms with Gasteiger partial charge in [0.1, 0.15) is 17.6 Å². The average Bonchev–Trinajstić information content (AvgIpc) is 2.99. The van der Waals surface area contributed by atoms with Crippen LogP contribution in [0.25, 0.3) is 0 Å². The molecule has 0 N–H and O–H groups in total. The van der Waals surface area contributed by atoms with Gasteiger partial charge in [-0.3, -0.25) is 0 Å². The van der Waals surface area contributed by atoms with Crippen molar-refractivity contribution < 1.29 is 18.9 Å². The third-order valence-electron chi connectivity index (χ3n) is 4.79. The summed E-state index contributed by atoms with van der Waals surface area (Å²) in [5.41, 5.74) is 0.0389. The summed E-state index contributed by atoms with van der Waals surface area (Å²) in [5, 5.41) is 0.291. The molecule has 0 saturated carbocycles. The number of hydrogen-bond acceptors (Lipinski definition) is 5. The summed E-state index contributed by atoms with van der Waals surface area (Å²) in [6.07, 6.45) is 10.9. The summed E-state index contributed by atoms with van der Waals surface area (Å²) in [6.45, 7) is 9.77. The van der Waals surface area contributed by atoms with Crippen molar-refractivity contribution in [3.63, 3.8) is 0 Å². The maximum Gasteiger partial charge on any atom is 0.132 e. The molecule has 0 bridgehead atoms. The summed E-state index contributed by atoms with van der Waals surface area (Å²) < 4.78 is 24.1. The lowest BCUT2D eigenvalue weighted by Crippen LogP contribution is -2.40. The van der Waals surface area contributed by atoms with Gasteiger partial charge in [0.2, 0.25) is 0 Å². The van der Waals surface area contributed by atoms with Crippen LogP contribution in [0.1, 0.15) is 78.6 Å². The Labute approximate surface area is 166 Å². The summed E-state index contributed by atoms with van der Waals surface area (Å²) in [6, 6.07) is 0. The highest BCUT2D eigenvalue weighted by Gasteiger charge is 2.46. The smallest absolute Gasteiger partial charge is 0.132 e. The van der Waals surface area contributed by atoms with Crippen molar-refractivity contribution >= 4 is 11.8 Å². The average molecular weight is 391 g/mol. The minimum Gasteiger partial charge on any atom is -0.380 e. The quantitative estimate of drug-likeness (QED) is 0.309. The molecule has 1 rings (SSSR count). The lowest BCUT2D eigenvalue weighted by atomic mass is 10.1. The van der Waals surface area contributed by atoms with Crippen molar-refractivity contribution in [1.29, 1.82) is 0 Å². The van der Waals surface area contributed by atoms with Crippen LogP contribution in [-0.2, 0) is 18.9 Å². The Kier molecular flexibility index (Phi) is 15.1. The molecule has 1 unspecified atom stereocenters. The monoisotopic (exact) mass is 390 g/mol. The zero-order valence-corrected chi connectivity index (χ0v) is 18.4. The number of ether oxygens (including phenoxy) is 4. The topological polar surface area (TPSA) is 36.9 Å². The van der Waals surface area contributed by atoms with E-state index in [1.54, 1.807) is 7.11 Å². The maximum absolute atomic E-state index is 6.26. The van der Waals surface area contributed by atoms with Crippen LogP contribution >= 0.6 is 11.8 Å². The van der Waals surface area contributed by atoms with Gasteiger partial charge in [-0.25, -0.2) is 0 Å². The molecule has 0 spiro atoms. The van der Waals surface area contributed by atoms with Crippen LogP contribution in [0.4, 0.5) is 0 Å². The van der Waals surface area contributed by atoms with E-state index in [2.05, 4.69) is 20.8 Å². The van der Waals surface area contributed by atoms with Crippen molar-refractivity contribution in [3.8, 4) is 0 Å². The van der Waals surface area contributed by atoms with E-state index in [4.69, 9.17) is 18.9 Å². The van der Waals surface area contributed by atoms with Crippen LogP contribution < -0.4 is 0 Å². The van der Waals surface area contributed by atoms with Crippen LogP contribution in [0.2, 0.25) is 0 Å². The standard InChI is InChI=1S/C21H42O4S/c1-5-8-11-12-13-16-25-20-19(24-15-10-7-3)18(26-21(20)22-4)17-23-14-9-6-2/h18-21H,5-17H2,1-4H3/t18-,19-,20+,21?/m0/s1. The molecule has 4 atom stereocenters. The molecule has 0 aliphatic carbocycles. The van der Waals surface area contributed by atoms with Crippen LogP contribution in [0.5, 0.6) is 0 Å². The second kappa shape index (κ2) is 16.2. The molecule has 26 heavy (non-hydrogen) atoms. The Morgan fingerprint density at radius 1 is 0.692 bits per heavy atom. The lowest BCUT2D eigenvalue weighted by Gasteiger charge is -2.26. The van der Waals surface area contributed by atoms with E-state index in [0.29, 0.717) is 5.25 Å². The van der Waals surface area contributed by atoms with E-state index < -0.39 is 0 Å². The van der Waals surface area contributed by atoms with E-state index in [0.717, 1.165) is 52.1 Å². The van der Waals surface area contributed by atoms with E-state index in [9.17, 15) is 0 Å². The number of methoxy groups -OCH3 is 1. The Morgan fingerprint density at radius 3 is 2.00 bits per heavy atom. The van der Waals surface area contributed by atoms with E-state index >= 15 is 0 Å². The SMILES string of the molecule is CCCCCCCO[C@H]1C(OC)S[C@@H](COCCCC)[C@@H]1OCCCC. The first-order valence-corrected chi connectivity index (χ1v) is 11.7. The normalized spacial score (nSPS) is 25.8. The summed E-state index contributed by atoms with van der Waals surface area (Å²) in [4.78, 5) is 0. The molecule has 1 saturated heterocycles. The van der Waals surface area contributed by atoms with Gasteiger partial charge < -0.3 is 18.9 Å². The fourth-order valence-corrected chi connectivity index (χ4v) is 4.53. The van der Waals surface area contributed by atoms with Gasteiger partial charge >= 0.3 is 0 Å². The minimum atomic E-state index is 0.00723. The highest BCUT2D eigenvalue weighted by molar-refractivity contribution is 8.00. The van der Waals surface area contributed by atoms with Crippen LogP contribution in [0.15, 0.2) is 0 Å². The second-order valence-electron chi connectivity index (χ2n) is 7.15. The molecule has 0 amide bonds. The first-order chi connectivity index (χ1) is 12.8. The van der Waals surface area contributed by atoms with Crippen LogP contribution in [0, 0.1) is 0 Å². The van der Waals surface area contributed by atoms with Crippen LogP contribution in [-0.4, -0.2) is 56.4 Å². The van der Waals surface area contributed by atoms with Gasteiger partial charge in [0.15, 0.2) is 0 Å². The largest absolute Gasteiger partial charge is 0.380 e. The summed E-state index contributed by atoms with van der Waals surface area (Å²) in [7, 11) is 1.78. The van der Waals surface area contributed by atoms with E-state index in [1.165, 1.54) is 32.1 Å². The van der Waals surface area contributed by atoms with Crippen LogP contribution in [0.3, 0.4) is 0 Å². The van der Waals surface area contributed by atoms with Gasteiger partial charge in [-0.05, 0) is 19.3 Å². The number of rotatable bonds is 17. The molecule has 1 aliphatic heterocycles. The molecular weight excluding hydrogens is 348 g/mol. The molecule has 1 heterocycles. The summed E-state index contributed by atoms with van der Waals surface area (Å²) in [5.74, 6) is 0. The number of hydrogen-bond donors (Lipinski definition) is 0. The van der Waals surface area contributed by atoms with E-state index in [1.807, 2.05) is 11.8 Å². The fourth-order valence-electron chi connectivity index (χ4n) is 3.13. The molecule has 0 aromatic heterocycles. The van der Waals surface area contributed by atoms with Crippen molar-refractivity contribution in [1.82, 2.24) is 0 Å².